The maximum absolute atomic E-state index is 12.7. The first-order chi connectivity index (χ1) is 11.6. The lowest BCUT2D eigenvalue weighted by Gasteiger charge is -2.13. The van der Waals surface area contributed by atoms with Crippen molar-refractivity contribution in [3.8, 4) is 0 Å². The SMILES string of the molecule is Cc1oc2ncnc(NC3(C)CC3)c2c1C(=O)NCc1cncs1. The van der Waals surface area contributed by atoms with Crippen LogP contribution in [0.5, 0.6) is 0 Å². The van der Waals surface area contributed by atoms with Gasteiger partial charge in [-0.25, -0.2) is 9.97 Å². The van der Waals surface area contributed by atoms with E-state index in [2.05, 4.69) is 32.5 Å². The number of furan rings is 1. The number of nitrogens with one attached hydrogen (secondary N) is 2. The van der Waals surface area contributed by atoms with Gasteiger partial charge >= 0.3 is 0 Å². The Labute approximate surface area is 142 Å². The standard InChI is InChI=1S/C16H17N5O2S/c1-9-11(14(22)18-6-10-5-17-8-24-10)12-13(21-16(2)3-4-16)19-7-20-15(12)23-9/h5,7-8H,3-4,6H2,1-2H3,(H,18,22)(H,19,20,21). The van der Waals surface area contributed by atoms with E-state index in [9.17, 15) is 4.79 Å². The summed E-state index contributed by atoms with van der Waals surface area (Å²) in [5.74, 6) is 0.995. The van der Waals surface area contributed by atoms with Gasteiger partial charge in [0.2, 0.25) is 5.71 Å². The number of aromatic nitrogens is 3. The van der Waals surface area contributed by atoms with Gasteiger partial charge < -0.3 is 15.1 Å². The van der Waals surface area contributed by atoms with Gasteiger partial charge in [-0.2, -0.15) is 0 Å². The molecule has 8 heteroatoms. The normalized spacial score (nSPS) is 15.4. The van der Waals surface area contributed by atoms with Gasteiger partial charge in [0.15, 0.2) is 0 Å². The summed E-state index contributed by atoms with van der Waals surface area (Å²) in [6.07, 6.45) is 5.37. The average molecular weight is 343 g/mol. The summed E-state index contributed by atoms with van der Waals surface area (Å²) >= 11 is 1.50. The Balaban J connectivity index is 1.68. The van der Waals surface area contributed by atoms with Crippen molar-refractivity contribution in [1.82, 2.24) is 20.3 Å². The molecule has 0 aromatic carbocycles. The van der Waals surface area contributed by atoms with Crippen molar-refractivity contribution in [2.24, 2.45) is 0 Å². The smallest absolute Gasteiger partial charge is 0.255 e. The number of nitrogens with zero attached hydrogens (tertiary/aromatic N) is 3. The predicted molar refractivity (Wildman–Crippen MR) is 91.1 cm³/mol. The Morgan fingerprint density at radius 2 is 2.25 bits per heavy atom. The van der Waals surface area contributed by atoms with Crippen LogP contribution in [0.1, 0.15) is 40.8 Å². The van der Waals surface area contributed by atoms with Crippen molar-refractivity contribution < 1.29 is 9.21 Å². The van der Waals surface area contributed by atoms with E-state index in [1.807, 2.05) is 0 Å². The van der Waals surface area contributed by atoms with Crippen LogP contribution in [0.2, 0.25) is 0 Å². The van der Waals surface area contributed by atoms with Gasteiger partial charge in [-0.15, -0.1) is 11.3 Å². The molecule has 3 heterocycles. The molecule has 1 amide bonds. The van der Waals surface area contributed by atoms with Crippen molar-refractivity contribution in [3.05, 3.63) is 34.2 Å². The molecular formula is C16H17N5O2S. The van der Waals surface area contributed by atoms with Gasteiger partial charge in [-0.3, -0.25) is 9.78 Å². The van der Waals surface area contributed by atoms with Crippen LogP contribution < -0.4 is 10.6 Å². The number of carbonyl (C=O) groups is 1. The van der Waals surface area contributed by atoms with Crippen LogP contribution in [-0.4, -0.2) is 26.4 Å². The summed E-state index contributed by atoms with van der Waals surface area (Å²) in [5.41, 5.74) is 2.70. The number of carbonyl (C=O) groups excluding carboxylic acids is 1. The zero-order valence-electron chi connectivity index (χ0n) is 13.4. The summed E-state index contributed by atoms with van der Waals surface area (Å²) in [6.45, 7) is 4.34. The fourth-order valence-electron chi connectivity index (χ4n) is 2.60. The second-order valence-electron chi connectivity index (χ2n) is 6.27. The molecule has 0 radical (unpaired) electrons. The van der Waals surface area contributed by atoms with E-state index >= 15 is 0 Å². The van der Waals surface area contributed by atoms with Crippen LogP contribution in [0.25, 0.3) is 11.1 Å². The van der Waals surface area contributed by atoms with Crippen LogP contribution in [0, 0.1) is 6.92 Å². The number of hydrogen-bond donors (Lipinski definition) is 2. The molecular weight excluding hydrogens is 326 g/mol. The monoisotopic (exact) mass is 343 g/mol. The fourth-order valence-corrected chi connectivity index (χ4v) is 3.13. The topological polar surface area (TPSA) is 92.9 Å². The quantitative estimate of drug-likeness (QED) is 0.740. The van der Waals surface area contributed by atoms with E-state index in [0.29, 0.717) is 34.8 Å². The Hall–Kier alpha value is -2.48. The first kappa shape index (κ1) is 15.1. The van der Waals surface area contributed by atoms with Crippen LogP contribution in [-0.2, 0) is 6.54 Å². The lowest BCUT2D eigenvalue weighted by Crippen LogP contribution is -2.23. The molecule has 24 heavy (non-hydrogen) atoms. The highest BCUT2D eigenvalue weighted by Gasteiger charge is 2.38. The van der Waals surface area contributed by atoms with Crippen molar-refractivity contribution in [2.45, 2.75) is 38.8 Å². The van der Waals surface area contributed by atoms with Crippen LogP contribution in [0.15, 0.2) is 22.5 Å². The van der Waals surface area contributed by atoms with E-state index in [1.54, 1.807) is 18.6 Å². The van der Waals surface area contributed by atoms with Gasteiger partial charge in [0, 0.05) is 16.6 Å². The number of fused-ring (bicyclic) bond motifs is 1. The van der Waals surface area contributed by atoms with Crippen molar-refractivity contribution in [3.63, 3.8) is 0 Å². The van der Waals surface area contributed by atoms with E-state index < -0.39 is 0 Å². The molecule has 3 aromatic heterocycles. The van der Waals surface area contributed by atoms with Gasteiger partial charge in [0.25, 0.3) is 5.91 Å². The molecule has 0 spiro atoms. The summed E-state index contributed by atoms with van der Waals surface area (Å²) < 4.78 is 5.67. The summed E-state index contributed by atoms with van der Waals surface area (Å²) in [7, 11) is 0. The molecule has 124 valence electrons. The van der Waals surface area contributed by atoms with E-state index in [0.717, 1.165) is 17.7 Å². The lowest BCUT2D eigenvalue weighted by atomic mass is 10.1. The number of thiazole rings is 1. The molecule has 1 saturated carbocycles. The van der Waals surface area contributed by atoms with Crippen molar-refractivity contribution in [1.29, 1.82) is 0 Å². The number of anilines is 1. The minimum Gasteiger partial charge on any atom is -0.442 e. The largest absolute Gasteiger partial charge is 0.442 e. The third-order valence-corrected chi connectivity index (χ3v) is 5.00. The highest BCUT2D eigenvalue weighted by atomic mass is 32.1. The highest BCUT2D eigenvalue weighted by Crippen LogP contribution is 2.40. The van der Waals surface area contributed by atoms with E-state index in [-0.39, 0.29) is 11.4 Å². The first-order valence-corrected chi connectivity index (χ1v) is 8.61. The third-order valence-electron chi connectivity index (χ3n) is 4.22. The molecule has 0 atom stereocenters. The maximum Gasteiger partial charge on any atom is 0.255 e. The van der Waals surface area contributed by atoms with E-state index in [4.69, 9.17) is 4.42 Å². The molecule has 1 aliphatic carbocycles. The molecule has 0 saturated heterocycles. The minimum atomic E-state index is -0.196. The number of rotatable bonds is 5. The van der Waals surface area contributed by atoms with Crippen LogP contribution in [0.4, 0.5) is 5.82 Å². The first-order valence-electron chi connectivity index (χ1n) is 7.74. The Morgan fingerprint density at radius 3 is 2.96 bits per heavy atom. The number of aryl methyl sites for hydroxylation is 1. The molecule has 1 fully saturated rings. The molecule has 0 unspecified atom stereocenters. The van der Waals surface area contributed by atoms with E-state index in [1.165, 1.54) is 17.7 Å². The fraction of sp³-hybridized carbons (Fsp3) is 0.375. The number of hydrogen-bond acceptors (Lipinski definition) is 7. The Morgan fingerprint density at radius 1 is 1.42 bits per heavy atom. The van der Waals surface area contributed by atoms with Crippen molar-refractivity contribution >= 4 is 34.2 Å². The van der Waals surface area contributed by atoms with Gasteiger partial charge in [-0.05, 0) is 26.7 Å². The van der Waals surface area contributed by atoms with Gasteiger partial charge in [0.1, 0.15) is 17.9 Å². The second-order valence-corrected chi connectivity index (χ2v) is 7.24. The summed E-state index contributed by atoms with van der Waals surface area (Å²) in [4.78, 5) is 26.2. The van der Waals surface area contributed by atoms with Crippen LogP contribution in [0.3, 0.4) is 0 Å². The maximum atomic E-state index is 12.7. The Bertz CT molecular complexity index is 899. The molecule has 7 nitrogen and oxygen atoms in total. The highest BCUT2D eigenvalue weighted by molar-refractivity contribution is 7.09. The van der Waals surface area contributed by atoms with Gasteiger partial charge in [-0.1, -0.05) is 0 Å². The zero-order chi connectivity index (χ0) is 16.7. The molecule has 3 aromatic rings. The Kier molecular flexibility index (Phi) is 3.49. The lowest BCUT2D eigenvalue weighted by molar-refractivity contribution is 0.0951. The summed E-state index contributed by atoms with van der Waals surface area (Å²) in [5, 5.41) is 6.97. The molecule has 4 rings (SSSR count). The van der Waals surface area contributed by atoms with Gasteiger partial charge in [0.05, 0.1) is 23.0 Å². The molecule has 1 aliphatic rings. The predicted octanol–water partition coefficient (Wildman–Crippen LogP) is 2.88. The second kappa shape index (κ2) is 5.55. The molecule has 2 N–H and O–H groups in total. The zero-order valence-corrected chi connectivity index (χ0v) is 14.2. The molecule has 0 aliphatic heterocycles. The molecule has 0 bridgehead atoms. The summed E-state index contributed by atoms with van der Waals surface area (Å²) in [6, 6.07) is 0. The number of amides is 1. The average Bonchev–Trinajstić information content (AvgIpc) is 2.98. The third kappa shape index (κ3) is 2.73. The van der Waals surface area contributed by atoms with Crippen LogP contribution >= 0.6 is 11.3 Å². The minimum absolute atomic E-state index is 0.0445. The van der Waals surface area contributed by atoms with Crippen molar-refractivity contribution in [2.75, 3.05) is 5.32 Å².